The van der Waals surface area contributed by atoms with E-state index in [1.807, 2.05) is 17.8 Å². The number of aliphatic hydroxyl groups excluding tert-OH is 1. The van der Waals surface area contributed by atoms with Crippen LogP contribution in [-0.2, 0) is 12.3 Å². The number of methoxy groups -OCH3 is 1. The van der Waals surface area contributed by atoms with Crippen LogP contribution in [0, 0.1) is 0 Å². The Kier molecular flexibility index (Phi) is 8.71. The maximum absolute atomic E-state index is 8.78. The molecule has 0 spiro atoms. The molecular formula is C15H25NO2S. The van der Waals surface area contributed by atoms with Gasteiger partial charge in [-0.15, -0.1) is 0 Å². The van der Waals surface area contributed by atoms with Crippen LogP contribution in [0.3, 0.4) is 0 Å². The molecule has 19 heavy (non-hydrogen) atoms. The van der Waals surface area contributed by atoms with E-state index in [1.54, 1.807) is 7.11 Å². The first kappa shape index (κ1) is 16.3. The third kappa shape index (κ3) is 6.32. The fourth-order valence-electron chi connectivity index (χ4n) is 1.81. The van der Waals surface area contributed by atoms with Crippen LogP contribution in [0.4, 0.5) is 0 Å². The summed E-state index contributed by atoms with van der Waals surface area (Å²) in [7, 11) is 1.71. The summed E-state index contributed by atoms with van der Waals surface area (Å²) >= 11 is 1.84. The fourth-order valence-corrected chi connectivity index (χ4v) is 2.74. The summed E-state index contributed by atoms with van der Waals surface area (Å²) in [5.41, 5.74) is 2.54. The molecule has 0 atom stereocenters. The third-order valence-electron chi connectivity index (χ3n) is 2.81. The molecule has 4 heteroatoms. The van der Waals surface area contributed by atoms with Gasteiger partial charge in [-0.3, -0.25) is 0 Å². The van der Waals surface area contributed by atoms with Crippen LogP contribution >= 0.6 is 11.8 Å². The molecule has 0 radical (unpaired) electrons. The average Bonchev–Trinajstić information content (AvgIpc) is 2.44. The molecule has 0 aromatic heterocycles. The van der Waals surface area contributed by atoms with E-state index in [9.17, 15) is 0 Å². The second kappa shape index (κ2) is 10.1. The van der Waals surface area contributed by atoms with Gasteiger partial charge in [-0.1, -0.05) is 13.0 Å². The Labute approximate surface area is 120 Å². The predicted octanol–water partition coefficient (Wildman–Crippen LogP) is 2.81. The first-order chi connectivity index (χ1) is 9.31. The lowest BCUT2D eigenvalue weighted by molar-refractivity contribution is 0.296. The molecule has 0 amide bonds. The topological polar surface area (TPSA) is 41.5 Å². The molecule has 0 aliphatic heterocycles. The van der Waals surface area contributed by atoms with Gasteiger partial charge in [0.2, 0.25) is 0 Å². The summed E-state index contributed by atoms with van der Waals surface area (Å²) in [6.07, 6.45) is 2.00. The predicted molar refractivity (Wildman–Crippen MR) is 82.9 cm³/mol. The molecule has 1 aromatic rings. The lowest BCUT2D eigenvalue weighted by atomic mass is 10.1. The number of hydrogen-bond donors (Lipinski definition) is 2. The smallest absolute Gasteiger partial charge is 0.122 e. The van der Waals surface area contributed by atoms with Crippen molar-refractivity contribution in [3.63, 3.8) is 0 Å². The van der Waals surface area contributed by atoms with Crippen molar-refractivity contribution in [3.8, 4) is 5.75 Å². The van der Waals surface area contributed by atoms with Gasteiger partial charge in [0.1, 0.15) is 5.75 Å². The van der Waals surface area contributed by atoms with Crippen molar-refractivity contribution in [1.82, 2.24) is 5.32 Å². The fraction of sp³-hybridized carbons (Fsp3) is 0.600. The molecule has 0 aliphatic carbocycles. The minimum absolute atomic E-state index is 0.269. The van der Waals surface area contributed by atoms with Gasteiger partial charge in [-0.2, -0.15) is 11.8 Å². The highest BCUT2D eigenvalue weighted by Crippen LogP contribution is 2.24. The molecular weight excluding hydrogens is 258 g/mol. The molecule has 0 bridgehead atoms. The van der Waals surface area contributed by atoms with Gasteiger partial charge < -0.3 is 15.2 Å². The van der Waals surface area contributed by atoms with Crippen molar-refractivity contribution >= 4 is 11.8 Å². The van der Waals surface area contributed by atoms with E-state index in [2.05, 4.69) is 24.4 Å². The van der Waals surface area contributed by atoms with Crippen LogP contribution in [0.2, 0.25) is 0 Å². The Morgan fingerprint density at radius 3 is 2.89 bits per heavy atom. The second-order valence-corrected chi connectivity index (χ2v) is 5.56. The number of nitrogens with one attached hydrogen (secondary N) is 1. The number of hydrogen-bond acceptors (Lipinski definition) is 4. The van der Waals surface area contributed by atoms with E-state index in [0.29, 0.717) is 0 Å². The van der Waals surface area contributed by atoms with Crippen LogP contribution in [-0.4, -0.2) is 31.1 Å². The molecule has 2 N–H and O–H groups in total. The van der Waals surface area contributed by atoms with E-state index >= 15 is 0 Å². The lowest BCUT2D eigenvalue weighted by Crippen LogP contribution is -2.13. The van der Waals surface area contributed by atoms with Crippen LogP contribution in [0.1, 0.15) is 30.9 Å². The van der Waals surface area contributed by atoms with Crippen molar-refractivity contribution in [3.05, 3.63) is 29.3 Å². The molecule has 0 heterocycles. The highest BCUT2D eigenvalue weighted by atomic mass is 32.2. The van der Waals surface area contributed by atoms with Crippen molar-refractivity contribution in [2.75, 3.05) is 26.0 Å². The normalized spacial score (nSPS) is 10.7. The van der Waals surface area contributed by atoms with Gasteiger partial charge in [0.05, 0.1) is 7.11 Å². The van der Waals surface area contributed by atoms with Gasteiger partial charge in [0.15, 0.2) is 0 Å². The van der Waals surface area contributed by atoms with Crippen LogP contribution in [0.25, 0.3) is 0 Å². The zero-order chi connectivity index (χ0) is 13.9. The highest BCUT2D eigenvalue weighted by molar-refractivity contribution is 7.98. The van der Waals surface area contributed by atoms with Crippen molar-refractivity contribution < 1.29 is 9.84 Å². The van der Waals surface area contributed by atoms with E-state index in [-0.39, 0.29) is 6.61 Å². The standard InChI is InChI=1S/C15H25NO2S/c1-3-7-16-11-13-5-6-15(18-2)14(10-13)12-19-9-4-8-17/h5-6,10,16-17H,3-4,7-9,11-12H2,1-2H3. The Morgan fingerprint density at radius 2 is 2.21 bits per heavy atom. The van der Waals surface area contributed by atoms with E-state index < -0.39 is 0 Å². The average molecular weight is 283 g/mol. The highest BCUT2D eigenvalue weighted by Gasteiger charge is 2.04. The molecule has 1 aromatic carbocycles. The largest absolute Gasteiger partial charge is 0.496 e. The summed E-state index contributed by atoms with van der Waals surface area (Å²) in [6, 6.07) is 6.38. The Hall–Kier alpha value is -0.710. The molecule has 0 aliphatic rings. The Morgan fingerprint density at radius 1 is 1.37 bits per heavy atom. The summed E-state index contributed by atoms with van der Waals surface area (Å²) in [4.78, 5) is 0. The number of benzene rings is 1. The van der Waals surface area contributed by atoms with Gasteiger partial charge in [-0.25, -0.2) is 0 Å². The van der Waals surface area contributed by atoms with E-state index in [4.69, 9.17) is 9.84 Å². The summed E-state index contributed by atoms with van der Waals surface area (Å²) in [5.74, 6) is 2.87. The molecule has 108 valence electrons. The summed E-state index contributed by atoms with van der Waals surface area (Å²) in [6.45, 7) is 4.40. The molecule has 1 rings (SSSR count). The monoisotopic (exact) mass is 283 g/mol. The van der Waals surface area contributed by atoms with E-state index in [1.165, 1.54) is 11.1 Å². The third-order valence-corrected chi connectivity index (χ3v) is 3.90. The van der Waals surface area contributed by atoms with Crippen LogP contribution < -0.4 is 10.1 Å². The summed E-state index contributed by atoms with van der Waals surface area (Å²) in [5, 5.41) is 12.2. The maximum Gasteiger partial charge on any atom is 0.122 e. The van der Waals surface area contributed by atoms with Gasteiger partial charge in [0, 0.05) is 24.5 Å². The Bertz CT molecular complexity index is 358. The first-order valence-corrected chi connectivity index (χ1v) is 8.02. The number of ether oxygens (including phenoxy) is 1. The summed E-state index contributed by atoms with van der Waals surface area (Å²) < 4.78 is 5.40. The quantitative estimate of drug-likeness (QED) is 0.648. The molecule has 0 unspecified atom stereocenters. The van der Waals surface area contributed by atoms with Gasteiger partial charge >= 0.3 is 0 Å². The van der Waals surface area contributed by atoms with Crippen molar-refractivity contribution in [2.24, 2.45) is 0 Å². The van der Waals surface area contributed by atoms with Crippen LogP contribution in [0.15, 0.2) is 18.2 Å². The number of rotatable bonds is 10. The first-order valence-electron chi connectivity index (χ1n) is 6.87. The molecule has 0 saturated carbocycles. The van der Waals surface area contributed by atoms with E-state index in [0.717, 1.165) is 43.2 Å². The minimum Gasteiger partial charge on any atom is -0.496 e. The second-order valence-electron chi connectivity index (χ2n) is 4.45. The van der Waals surface area contributed by atoms with Gasteiger partial charge in [-0.05, 0) is 42.8 Å². The van der Waals surface area contributed by atoms with Gasteiger partial charge in [0.25, 0.3) is 0 Å². The zero-order valence-electron chi connectivity index (χ0n) is 11.9. The lowest BCUT2D eigenvalue weighted by Gasteiger charge is -2.11. The van der Waals surface area contributed by atoms with Crippen LogP contribution in [0.5, 0.6) is 5.75 Å². The Balaban J connectivity index is 2.56. The number of thioether (sulfide) groups is 1. The minimum atomic E-state index is 0.269. The molecule has 0 fully saturated rings. The maximum atomic E-state index is 8.78. The molecule has 0 saturated heterocycles. The zero-order valence-corrected chi connectivity index (χ0v) is 12.8. The number of aliphatic hydroxyl groups is 1. The van der Waals surface area contributed by atoms with Crippen molar-refractivity contribution in [2.45, 2.75) is 32.1 Å². The van der Waals surface area contributed by atoms with Crippen molar-refractivity contribution in [1.29, 1.82) is 0 Å². The SMILES string of the molecule is CCCNCc1ccc(OC)c(CSCCCO)c1. The molecule has 3 nitrogen and oxygen atoms in total.